The van der Waals surface area contributed by atoms with Gasteiger partial charge in [0.1, 0.15) is 5.41 Å². The lowest BCUT2D eigenvalue weighted by Gasteiger charge is -2.33. The third kappa shape index (κ3) is 4.39. The van der Waals surface area contributed by atoms with Crippen LogP contribution in [0.2, 0.25) is 0 Å². The fraction of sp³-hybridized carbons (Fsp3) is 0.152. The van der Waals surface area contributed by atoms with Gasteiger partial charge in [-0.25, -0.2) is 13.3 Å². The van der Waals surface area contributed by atoms with Crippen LogP contribution in [0.1, 0.15) is 65.0 Å². The molecule has 1 unspecified atom stereocenters. The summed E-state index contributed by atoms with van der Waals surface area (Å²) in [6, 6.07) is 17.9. The molecule has 2 aliphatic rings. The zero-order valence-electron chi connectivity index (χ0n) is 24.0. The van der Waals surface area contributed by atoms with E-state index in [1.54, 1.807) is 12.1 Å². The SMILES string of the molecule is Cc1ccc(S(=O)(=O)c2ccc(N3C(=O)c4ccc(C(C)(c5ccc6c(c5)C(=O)N(C)C6=O)C(F)(F)F)cc4C3=O)cc2)cc1. The number of halogens is 3. The monoisotopic (exact) mass is 632 g/mol. The van der Waals surface area contributed by atoms with E-state index in [9.17, 15) is 40.8 Å². The van der Waals surface area contributed by atoms with Crippen molar-refractivity contribution in [2.45, 2.75) is 35.2 Å². The summed E-state index contributed by atoms with van der Waals surface area (Å²) in [5, 5.41) is 0. The number of carbonyl (C=O) groups excluding carboxylic acids is 4. The normalized spacial score (nSPS) is 16.2. The predicted molar refractivity (Wildman–Crippen MR) is 156 cm³/mol. The summed E-state index contributed by atoms with van der Waals surface area (Å²) in [5.74, 6) is -3.02. The zero-order chi connectivity index (χ0) is 32.6. The molecule has 4 aromatic rings. The first-order valence-electron chi connectivity index (χ1n) is 13.6. The van der Waals surface area contributed by atoms with Gasteiger partial charge >= 0.3 is 6.18 Å². The number of carbonyl (C=O) groups is 4. The van der Waals surface area contributed by atoms with Crippen molar-refractivity contribution in [2.75, 3.05) is 11.9 Å². The first kappa shape index (κ1) is 29.9. The fourth-order valence-corrected chi connectivity index (χ4v) is 6.84. The molecule has 4 amide bonds. The minimum Gasteiger partial charge on any atom is -0.277 e. The van der Waals surface area contributed by atoms with E-state index in [-0.39, 0.29) is 48.9 Å². The molecule has 0 aliphatic carbocycles. The highest BCUT2D eigenvalue weighted by Gasteiger charge is 2.55. The lowest BCUT2D eigenvalue weighted by atomic mass is 9.74. The Labute approximate surface area is 255 Å². The molecule has 45 heavy (non-hydrogen) atoms. The molecule has 0 spiro atoms. The van der Waals surface area contributed by atoms with Gasteiger partial charge in [0, 0.05) is 7.05 Å². The first-order chi connectivity index (χ1) is 21.1. The maximum absolute atomic E-state index is 14.8. The number of nitrogens with zero attached hydrogens (tertiary/aromatic N) is 2. The van der Waals surface area contributed by atoms with Gasteiger partial charge in [0.05, 0.1) is 37.7 Å². The smallest absolute Gasteiger partial charge is 0.277 e. The van der Waals surface area contributed by atoms with Crippen LogP contribution in [-0.2, 0) is 15.3 Å². The second-order valence-corrected chi connectivity index (χ2v) is 13.0. The molecule has 12 heteroatoms. The van der Waals surface area contributed by atoms with Gasteiger partial charge in [0.2, 0.25) is 9.84 Å². The molecule has 0 saturated carbocycles. The lowest BCUT2D eigenvalue weighted by molar-refractivity contribution is -0.173. The Bertz CT molecular complexity index is 2070. The number of amides is 4. The molecule has 1 atom stereocenters. The molecule has 0 bridgehead atoms. The number of benzene rings is 4. The number of aryl methyl sites for hydroxylation is 1. The highest BCUT2D eigenvalue weighted by atomic mass is 32.2. The van der Waals surface area contributed by atoms with Crippen molar-refractivity contribution in [3.63, 3.8) is 0 Å². The third-order valence-electron chi connectivity index (χ3n) is 8.43. The number of alkyl halides is 3. The fourth-order valence-electron chi connectivity index (χ4n) is 5.58. The number of hydrogen-bond acceptors (Lipinski definition) is 6. The molecule has 0 saturated heterocycles. The standard InChI is InChI=1S/C33H23F3N2O6S/c1-18-4-10-22(11-5-18)45(43,44)23-12-8-21(9-13-23)38-30(41)25-15-7-20(17-27(25)31(38)42)32(2,33(34,35)36)19-6-14-24-26(16-19)29(40)37(3)28(24)39/h4-17H,1-3H3. The molecular weight excluding hydrogens is 609 g/mol. The summed E-state index contributed by atoms with van der Waals surface area (Å²) < 4.78 is 70.6. The molecule has 8 nitrogen and oxygen atoms in total. The van der Waals surface area contributed by atoms with Gasteiger partial charge in [0.15, 0.2) is 0 Å². The molecule has 6 rings (SSSR count). The number of sulfone groups is 1. The Kier molecular flexibility index (Phi) is 6.63. The minimum absolute atomic E-state index is 0.0150. The van der Waals surface area contributed by atoms with E-state index in [0.29, 0.717) is 0 Å². The van der Waals surface area contributed by atoms with Crippen molar-refractivity contribution < 1.29 is 40.8 Å². The van der Waals surface area contributed by atoms with Gasteiger partial charge in [-0.1, -0.05) is 29.8 Å². The van der Waals surface area contributed by atoms with Crippen molar-refractivity contribution in [3.05, 3.63) is 124 Å². The van der Waals surface area contributed by atoms with E-state index in [1.807, 2.05) is 6.92 Å². The van der Waals surface area contributed by atoms with Crippen LogP contribution in [0.4, 0.5) is 18.9 Å². The van der Waals surface area contributed by atoms with E-state index in [1.165, 1.54) is 49.5 Å². The van der Waals surface area contributed by atoms with Crippen molar-refractivity contribution in [1.29, 1.82) is 0 Å². The van der Waals surface area contributed by atoms with Gasteiger partial charge in [0.25, 0.3) is 23.6 Å². The van der Waals surface area contributed by atoms with Gasteiger partial charge in [-0.3, -0.25) is 24.1 Å². The molecule has 228 valence electrons. The highest BCUT2D eigenvalue weighted by Crippen LogP contribution is 2.48. The van der Waals surface area contributed by atoms with E-state index in [0.717, 1.165) is 52.6 Å². The molecule has 0 aromatic heterocycles. The van der Waals surface area contributed by atoms with Crippen LogP contribution in [0.15, 0.2) is 94.7 Å². The maximum Gasteiger partial charge on any atom is 0.402 e. The average molecular weight is 633 g/mol. The van der Waals surface area contributed by atoms with Gasteiger partial charge < -0.3 is 0 Å². The highest BCUT2D eigenvalue weighted by molar-refractivity contribution is 7.91. The van der Waals surface area contributed by atoms with Crippen LogP contribution in [0.5, 0.6) is 0 Å². The molecular formula is C33H23F3N2O6S. The van der Waals surface area contributed by atoms with Crippen LogP contribution in [-0.4, -0.2) is 50.2 Å². The van der Waals surface area contributed by atoms with Gasteiger partial charge in [-0.15, -0.1) is 0 Å². The number of fused-ring (bicyclic) bond motifs is 2. The number of hydrogen-bond donors (Lipinski definition) is 0. The molecule has 0 fully saturated rings. The number of rotatable bonds is 5. The molecule has 4 aromatic carbocycles. The molecule has 2 aliphatic heterocycles. The van der Waals surface area contributed by atoms with E-state index in [4.69, 9.17) is 0 Å². The van der Waals surface area contributed by atoms with Crippen LogP contribution >= 0.6 is 0 Å². The van der Waals surface area contributed by atoms with E-state index in [2.05, 4.69) is 0 Å². The topological polar surface area (TPSA) is 109 Å². The minimum atomic E-state index is -4.92. The second kappa shape index (κ2) is 9.96. The first-order valence-corrected chi connectivity index (χ1v) is 15.0. The van der Waals surface area contributed by atoms with Crippen molar-refractivity contribution in [3.8, 4) is 0 Å². The van der Waals surface area contributed by atoms with Crippen LogP contribution in [0.25, 0.3) is 0 Å². The zero-order valence-corrected chi connectivity index (χ0v) is 24.8. The van der Waals surface area contributed by atoms with Gasteiger partial charge in [-0.05, 0) is 85.6 Å². The largest absolute Gasteiger partial charge is 0.402 e. The Hall–Kier alpha value is -5.10. The lowest BCUT2D eigenvalue weighted by Crippen LogP contribution is -2.41. The maximum atomic E-state index is 14.8. The molecule has 0 N–H and O–H groups in total. The van der Waals surface area contributed by atoms with Crippen molar-refractivity contribution >= 4 is 39.2 Å². The third-order valence-corrected chi connectivity index (χ3v) is 10.2. The van der Waals surface area contributed by atoms with Crippen LogP contribution < -0.4 is 4.90 Å². The summed E-state index contributed by atoms with van der Waals surface area (Å²) in [7, 11) is -2.66. The van der Waals surface area contributed by atoms with Crippen LogP contribution in [0, 0.1) is 6.92 Å². The summed E-state index contributed by atoms with van der Waals surface area (Å²) in [6.07, 6.45) is -4.92. The van der Waals surface area contributed by atoms with E-state index < -0.39 is 45.1 Å². The summed E-state index contributed by atoms with van der Waals surface area (Å²) >= 11 is 0. The Morgan fingerprint density at radius 2 is 1.02 bits per heavy atom. The Morgan fingerprint density at radius 1 is 0.600 bits per heavy atom. The predicted octanol–water partition coefficient (Wildman–Crippen LogP) is 5.72. The summed E-state index contributed by atoms with van der Waals surface area (Å²) in [4.78, 5) is 53.2. The quantitative estimate of drug-likeness (QED) is 0.261. The second-order valence-electron chi connectivity index (χ2n) is 11.1. The van der Waals surface area contributed by atoms with E-state index >= 15 is 0 Å². The number of anilines is 1. The molecule has 0 radical (unpaired) electrons. The Balaban J connectivity index is 1.36. The van der Waals surface area contributed by atoms with Crippen molar-refractivity contribution in [2.24, 2.45) is 0 Å². The summed E-state index contributed by atoms with van der Waals surface area (Å²) in [5.41, 5.74) is -3.08. The van der Waals surface area contributed by atoms with Gasteiger partial charge in [-0.2, -0.15) is 13.2 Å². The molecule has 2 heterocycles. The van der Waals surface area contributed by atoms with Crippen molar-refractivity contribution in [1.82, 2.24) is 4.90 Å². The Morgan fingerprint density at radius 3 is 1.53 bits per heavy atom. The van der Waals surface area contributed by atoms with Crippen LogP contribution in [0.3, 0.4) is 0 Å². The number of imide groups is 2. The average Bonchev–Trinajstić information content (AvgIpc) is 3.39. The summed E-state index contributed by atoms with van der Waals surface area (Å²) in [6.45, 7) is 2.71.